The van der Waals surface area contributed by atoms with Gasteiger partial charge in [0.25, 0.3) is 0 Å². The van der Waals surface area contributed by atoms with Gasteiger partial charge in [0.1, 0.15) is 12.1 Å². The van der Waals surface area contributed by atoms with Crippen molar-refractivity contribution in [2.24, 2.45) is 7.05 Å². The van der Waals surface area contributed by atoms with Crippen LogP contribution >= 0.6 is 0 Å². The Kier molecular flexibility index (Phi) is 5.02. The molecule has 1 aliphatic rings. The summed E-state index contributed by atoms with van der Waals surface area (Å²) in [5.74, 6) is 1.38. The van der Waals surface area contributed by atoms with Gasteiger partial charge in [-0.3, -0.25) is 9.69 Å². The number of hydrogen-bond donors (Lipinski definition) is 1. The molecule has 10 nitrogen and oxygen atoms in total. The standard InChI is InChI=1S/C18H22N8O2/c1-24-17-16(22-23-24)18(20-12-19-17)26-9-7-25(8-10-26)11-15(27)21-13-5-3-4-6-14(13)28-2/h3-6,12H,7-11H2,1-2H3,(H,21,27). The number of fused-ring (bicyclic) bond motifs is 1. The van der Waals surface area contributed by atoms with Crippen LogP contribution in [0, 0.1) is 0 Å². The van der Waals surface area contributed by atoms with E-state index in [9.17, 15) is 4.79 Å². The third-order valence-corrected chi connectivity index (χ3v) is 4.79. The van der Waals surface area contributed by atoms with Gasteiger partial charge in [0.05, 0.1) is 19.3 Å². The van der Waals surface area contributed by atoms with Gasteiger partial charge in [0, 0.05) is 33.2 Å². The number of rotatable bonds is 5. The molecule has 0 radical (unpaired) electrons. The maximum absolute atomic E-state index is 12.4. The van der Waals surface area contributed by atoms with Gasteiger partial charge in [-0.25, -0.2) is 14.6 Å². The van der Waals surface area contributed by atoms with Crippen LogP contribution in [0.3, 0.4) is 0 Å². The molecule has 1 N–H and O–H groups in total. The first-order valence-corrected chi connectivity index (χ1v) is 9.06. The molecular weight excluding hydrogens is 360 g/mol. The van der Waals surface area contributed by atoms with Crippen LogP contribution in [0.2, 0.25) is 0 Å². The van der Waals surface area contributed by atoms with Crippen molar-refractivity contribution >= 4 is 28.6 Å². The summed E-state index contributed by atoms with van der Waals surface area (Å²) >= 11 is 0. The van der Waals surface area contributed by atoms with E-state index >= 15 is 0 Å². The summed E-state index contributed by atoms with van der Waals surface area (Å²) in [6.07, 6.45) is 1.54. The molecular formula is C18H22N8O2. The molecule has 10 heteroatoms. The van der Waals surface area contributed by atoms with Crippen LogP contribution in [0.4, 0.5) is 11.5 Å². The van der Waals surface area contributed by atoms with Gasteiger partial charge in [-0.1, -0.05) is 17.3 Å². The molecule has 28 heavy (non-hydrogen) atoms. The first-order valence-electron chi connectivity index (χ1n) is 9.06. The summed E-state index contributed by atoms with van der Waals surface area (Å²) in [4.78, 5) is 25.3. The van der Waals surface area contributed by atoms with Gasteiger partial charge in [-0.2, -0.15) is 0 Å². The van der Waals surface area contributed by atoms with Gasteiger partial charge in [-0.15, -0.1) is 5.10 Å². The Morgan fingerprint density at radius 2 is 1.96 bits per heavy atom. The fourth-order valence-corrected chi connectivity index (χ4v) is 3.33. The van der Waals surface area contributed by atoms with Crippen LogP contribution in [-0.2, 0) is 11.8 Å². The zero-order valence-electron chi connectivity index (χ0n) is 15.9. The number of para-hydroxylation sites is 2. The summed E-state index contributed by atoms with van der Waals surface area (Å²) in [5.41, 5.74) is 2.09. The lowest BCUT2D eigenvalue weighted by molar-refractivity contribution is -0.117. The van der Waals surface area contributed by atoms with Crippen LogP contribution in [0.5, 0.6) is 5.75 Å². The number of anilines is 2. The van der Waals surface area contributed by atoms with E-state index in [1.54, 1.807) is 11.8 Å². The second-order valence-corrected chi connectivity index (χ2v) is 6.59. The molecule has 146 valence electrons. The fourth-order valence-electron chi connectivity index (χ4n) is 3.33. The topological polar surface area (TPSA) is 101 Å². The lowest BCUT2D eigenvalue weighted by Crippen LogP contribution is -2.49. The number of ether oxygens (including phenoxy) is 1. The largest absolute Gasteiger partial charge is 0.495 e. The molecule has 3 heterocycles. The molecule has 1 amide bonds. The molecule has 0 saturated carbocycles. The van der Waals surface area contributed by atoms with Crippen LogP contribution in [0.25, 0.3) is 11.2 Å². The number of hydrogen-bond acceptors (Lipinski definition) is 8. The minimum Gasteiger partial charge on any atom is -0.495 e. The third-order valence-electron chi connectivity index (χ3n) is 4.79. The SMILES string of the molecule is COc1ccccc1NC(=O)CN1CCN(c2ncnc3c2nnn3C)CC1. The highest BCUT2D eigenvalue weighted by atomic mass is 16.5. The highest BCUT2D eigenvalue weighted by Crippen LogP contribution is 2.23. The number of methoxy groups -OCH3 is 1. The highest BCUT2D eigenvalue weighted by molar-refractivity contribution is 5.93. The second kappa shape index (κ2) is 7.77. The Labute approximate surface area is 162 Å². The Morgan fingerprint density at radius 3 is 2.75 bits per heavy atom. The van der Waals surface area contributed by atoms with Gasteiger partial charge in [0.2, 0.25) is 5.91 Å². The molecule has 0 aliphatic carbocycles. The van der Waals surface area contributed by atoms with Crippen LogP contribution in [0.1, 0.15) is 0 Å². The Bertz CT molecular complexity index is 981. The number of aryl methyl sites for hydroxylation is 1. The maximum atomic E-state index is 12.4. The number of nitrogens with one attached hydrogen (secondary N) is 1. The van der Waals surface area contributed by atoms with Gasteiger partial charge in [0.15, 0.2) is 17.0 Å². The first-order chi connectivity index (χ1) is 13.7. The summed E-state index contributed by atoms with van der Waals surface area (Å²) < 4.78 is 6.91. The average molecular weight is 382 g/mol. The first kappa shape index (κ1) is 18.1. The number of amides is 1. The summed E-state index contributed by atoms with van der Waals surface area (Å²) in [7, 11) is 3.40. The minimum atomic E-state index is -0.0590. The number of piperazine rings is 1. The van der Waals surface area contributed by atoms with Crippen molar-refractivity contribution in [2.75, 3.05) is 50.1 Å². The van der Waals surface area contributed by atoms with Crippen molar-refractivity contribution in [3.8, 4) is 5.75 Å². The summed E-state index contributed by atoms with van der Waals surface area (Å²) in [5, 5.41) is 11.1. The normalized spacial score (nSPS) is 15.0. The van der Waals surface area contributed by atoms with Gasteiger partial charge in [-0.05, 0) is 12.1 Å². The Hall–Kier alpha value is -3.27. The number of aromatic nitrogens is 5. The second-order valence-electron chi connectivity index (χ2n) is 6.59. The van der Waals surface area contributed by atoms with E-state index in [0.29, 0.717) is 29.1 Å². The zero-order valence-corrected chi connectivity index (χ0v) is 15.9. The van der Waals surface area contributed by atoms with Crippen LogP contribution in [0.15, 0.2) is 30.6 Å². The molecule has 1 fully saturated rings. The molecule has 2 aromatic heterocycles. The summed E-state index contributed by atoms with van der Waals surface area (Å²) in [6.45, 7) is 3.35. The zero-order chi connectivity index (χ0) is 19.5. The number of carbonyl (C=O) groups excluding carboxylic acids is 1. The van der Waals surface area contributed by atoms with Crippen molar-refractivity contribution in [3.63, 3.8) is 0 Å². The monoisotopic (exact) mass is 382 g/mol. The molecule has 0 bridgehead atoms. The predicted molar refractivity (Wildman–Crippen MR) is 104 cm³/mol. The van der Waals surface area contributed by atoms with E-state index in [2.05, 4.69) is 35.4 Å². The predicted octanol–water partition coefficient (Wildman–Crippen LogP) is 0.528. The van der Waals surface area contributed by atoms with Gasteiger partial charge >= 0.3 is 0 Å². The van der Waals surface area contributed by atoms with Crippen molar-refractivity contribution in [2.45, 2.75) is 0 Å². The molecule has 1 saturated heterocycles. The van der Waals surface area contributed by atoms with E-state index in [1.165, 1.54) is 6.33 Å². The minimum absolute atomic E-state index is 0.0590. The van der Waals surface area contributed by atoms with E-state index in [0.717, 1.165) is 32.0 Å². The third kappa shape index (κ3) is 3.58. The summed E-state index contributed by atoms with van der Waals surface area (Å²) in [6, 6.07) is 7.39. The molecule has 3 aromatic rings. The molecule has 0 unspecified atom stereocenters. The molecule has 1 aliphatic heterocycles. The average Bonchev–Trinajstić information content (AvgIpc) is 3.10. The lowest BCUT2D eigenvalue weighted by atomic mass is 10.2. The quantitative estimate of drug-likeness (QED) is 0.682. The van der Waals surface area contributed by atoms with Crippen molar-refractivity contribution in [1.82, 2.24) is 29.9 Å². The molecule has 0 spiro atoms. The number of carbonyl (C=O) groups is 1. The fraction of sp³-hybridized carbons (Fsp3) is 0.389. The van der Waals surface area contributed by atoms with E-state index in [1.807, 2.05) is 31.3 Å². The number of nitrogens with zero attached hydrogens (tertiary/aromatic N) is 7. The van der Waals surface area contributed by atoms with E-state index in [4.69, 9.17) is 4.74 Å². The van der Waals surface area contributed by atoms with E-state index < -0.39 is 0 Å². The Morgan fingerprint density at radius 1 is 1.18 bits per heavy atom. The smallest absolute Gasteiger partial charge is 0.238 e. The van der Waals surface area contributed by atoms with Crippen molar-refractivity contribution < 1.29 is 9.53 Å². The molecule has 4 rings (SSSR count). The highest BCUT2D eigenvalue weighted by Gasteiger charge is 2.23. The maximum Gasteiger partial charge on any atom is 0.238 e. The Balaban J connectivity index is 1.36. The lowest BCUT2D eigenvalue weighted by Gasteiger charge is -2.34. The number of benzene rings is 1. The van der Waals surface area contributed by atoms with Crippen molar-refractivity contribution in [1.29, 1.82) is 0 Å². The van der Waals surface area contributed by atoms with Crippen LogP contribution in [-0.4, -0.2) is 75.6 Å². The van der Waals surface area contributed by atoms with E-state index in [-0.39, 0.29) is 5.91 Å². The van der Waals surface area contributed by atoms with Crippen LogP contribution < -0.4 is 15.0 Å². The van der Waals surface area contributed by atoms with Gasteiger partial charge < -0.3 is 15.0 Å². The molecule has 0 atom stereocenters. The van der Waals surface area contributed by atoms with Crippen molar-refractivity contribution in [3.05, 3.63) is 30.6 Å². The molecule has 1 aromatic carbocycles.